The molecule has 196 valence electrons. The van der Waals surface area contributed by atoms with E-state index in [4.69, 9.17) is 4.98 Å². The molecule has 2 heteroatoms. The molecule has 0 amide bonds. The molecular weight excluding hydrogens is 460 g/mol. The van der Waals surface area contributed by atoms with Crippen LogP contribution in [-0.4, -0.2) is 11.5 Å². The van der Waals surface area contributed by atoms with E-state index in [9.17, 15) is 0 Å². The predicted octanol–water partition coefficient (Wildman–Crippen LogP) is 10.0. The third kappa shape index (κ3) is 5.85. The lowest BCUT2D eigenvalue weighted by Crippen LogP contribution is -2.10. The van der Waals surface area contributed by atoms with Gasteiger partial charge in [-0.15, -0.1) is 0 Å². The van der Waals surface area contributed by atoms with Crippen molar-refractivity contribution in [3.05, 3.63) is 95.6 Å². The van der Waals surface area contributed by atoms with Crippen LogP contribution in [0.4, 0.5) is 5.82 Å². The Balaban J connectivity index is 1.61. The standard InChI is InChI=1S/C36H42N2/c1-6-7-8-10-26-17-18-28-22-29-19-20-30(36(3,4)5)23-32(29)35(31(28)21-26)33-11-9-12-34(38-33)37-24-27-15-13-25(2)14-16-27/h9,11-13,15-23,25H,6-8,10,14,24H2,1-5H3,(H,37,38). The molecule has 38 heavy (non-hydrogen) atoms. The summed E-state index contributed by atoms with van der Waals surface area (Å²) < 4.78 is 0. The highest BCUT2D eigenvalue weighted by molar-refractivity contribution is 6.12. The molecule has 1 atom stereocenters. The molecule has 1 unspecified atom stereocenters. The fraction of sp³-hybridized carbons (Fsp3) is 0.361. The SMILES string of the molecule is CCCCCc1ccc2cc3ccc(C(C)(C)C)cc3c(-c3cccc(NCC4=CCC(C)C=C4)n3)c2c1. The van der Waals surface area contributed by atoms with E-state index in [-0.39, 0.29) is 5.41 Å². The molecule has 0 bridgehead atoms. The van der Waals surface area contributed by atoms with E-state index in [1.165, 1.54) is 63.1 Å². The van der Waals surface area contributed by atoms with Gasteiger partial charge in [0.15, 0.2) is 0 Å². The normalized spacial score (nSPS) is 15.7. The number of unbranched alkanes of at least 4 members (excludes halogenated alkanes) is 2. The van der Waals surface area contributed by atoms with Crippen LogP contribution in [0.25, 0.3) is 32.8 Å². The number of aryl methyl sites for hydroxylation is 1. The third-order valence-electron chi connectivity index (χ3n) is 7.83. The van der Waals surface area contributed by atoms with Gasteiger partial charge in [-0.2, -0.15) is 0 Å². The van der Waals surface area contributed by atoms with E-state index in [0.29, 0.717) is 5.92 Å². The second-order valence-corrected chi connectivity index (χ2v) is 12.1. The molecule has 1 heterocycles. The molecule has 1 aliphatic rings. The zero-order valence-corrected chi connectivity index (χ0v) is 23.8. The lowest BCUT2D eigenvalue weighted by molar-refractivity contribution is 0.591. The minimum absolute atomic E-state index is 0.0813. The molecule has 0 aliphatic heterocycles. The number of rotatable bonds is 8. The minimum Gasteiger partial charge on any atom is -0.366 e. The van der Waals surface area contributed by atoms with Crippen molar-refractivity contribution in [2.24, 2.45) is 5.92 Å². The number of anilines is 1. The van der Waals surface area contributed by atoms with Gasteiger partial charge >= 0.3 is 0 Å². The number of fused-ring (bicyclic) bond motifs is 2. The van der Waals surface area contributed by atoms with Gasteiger partial charge in [-0.25, -0.2) is 4.98 Å². The van der Waals surface area contributed by atoms with Crippen molar-refractivity contribution in [1.82, 2.24) is 4.98 Å². The van der Waals surface area contributed by atoms with E-state index in [1.807, 2.05) is 0 Å². The van der Waals surface area contributed by atoms with Gasteiger partial charge in [0.25, 0.3) is 0 Å². The minimum atomic E-state index is 0.0813. The van der Waals surface area contributed by atoms with Crippen molar-refractivity contribution >= 4 is 27.4 Å². The molecule has 4 aromatic rings. The maximum atomic E-state index is 5.18. The number of hydrogen-bond donors (Lipinski definition) is 1. The first-order chi connectivity index (χ1) is 18.3. The summed E-state index contributed by atoms with van der Waals surface area (Å²) in [5.41, 5.74) is 6.46. The predicted molar refractivity (Wildman–Crippen MR) is 166 cm³/mol. The Hall–Kier alpha value is -3.39. The van der Waals surface area contributed by atoms with Gasteiger partial charge in [0.1, 0.15) is 5.82 Å². The number of nitrogens with zero attached hydrogens (tertiary/aromatic N) is 1. The molecule has 1 aliphatic carbocycles. The molecule has 0 saturated heterocycles. The monoisotopic (exact) mass is 502 g/mol. The molecule has 5 rings (SSSR count). The quantitative estimate of drug-likeness (QED) is 0.191. The summed E-state index contributed by atoms with van der Waals surface area (Å²) in [5.74, 6) is 1.55. The highest BCUT2D eigenvalue weighted by Gasteiger charge is 2.18. The molecule has 2 nitrogen and oxygen atoms in total. The maximum absolute atomic E-state index is 5.18. The van der Waals surface area contributed by atoms with Crippen molar-refractivity contribution in [1.29, 1.82) is 0 Å². The summed E-state index contributed by atoms with van der Waals surface area (Å²) in [6.07, 6.45) is 12.9. The molecular formula is C36H42N2. The van der Waals surface area contributed by atoms with E-state index >= 15 is 0 Å². The molecule has 1 N–H and O–H groups in total. The first-order valence-electron chi connectivity index (χ1n) is 14.4. The van der Waals surface area contributed by atoms with E-state index in [0.717, 1.165) is 30.9 Å². The lowest BCUT2D eigenvalue weighted by atomic mass is 9.84. The topological polar surface area (TPSA) is 24.9 Å². The van der Waals surface area contributed by atoms with Crippen LogP contribution < -0.4 is 5.32 Å². The Bertz CT molecular complexity index is 1500. The Morgan fingerprint density at radius 3 is 2.45 bits per heavy atom. The number of allylic oxidation sites excluding steroid dienone is 2. The van der Waals surface area contributed by atoms with Crippen LogP contribution >= 0.6 is 0 Å². The Morgan fingerprint density at radius 2 is 1.71 bits per heavy atom. The smallest absolute Gasteiger partial charge is 0.126 e. The lowest BCUT2D eigenvalue weighted by Gasteiger charge is -2.21. The summed E-state index contributed by atoms with van der Waals surface area (Å²) in [7, 11) is 0. The highest BCUT2D eigenvalue weighted by atomic mass is 15.0. The number of aromatic nitrogens is 1. The average molecular weight is 503 g/mol. The van der Waals surface area contributed by atoms with Crippen LogP contribution in [-0.2, 0) is 11.8 Å². The maximum Gasteiger partial charge on any atom is 0.126 e. The largest absolute Gasteiger partial charge is 0.366 e. The van der Waals surface area contributed by atoms with Crippen LogP contribution in [0.1, 0.15) is 71.4 Å². The van der Waals surface area contributed by atoms with Gasteiger partial charge in [-0.1, -0.05) is 102 Å². The summed E-state index contributed by atoms with van der Waals surface area (Å²) in [6.45, 7) is 12.2. The van der Waals surface area contributed by atoms with Gasteiger partial charge in [-0.3, -0.25) is 0 Å². The van der Waals surface area contributed by atoms with Gasteiger partial charge < -0.3 is 5.32 Å². The number of nitrogens with one attached hydrogen (secondary N) is 1. The van der Waals surface area contributed by atoms with E-state index in [2.05, 4.69) is 119 Å². The molecule has 1 aromatic heterocycles. The molecule has 0 saturated carbocycles. The fourth-order valence-corrected chi connectivity index (χ4v) is 5.40. The third-order valence-corrected chi connectivity index (χ3v) is 7.83. The second kappa shape index (κ2) is 11.2. The van der Waals surface area contributed by atoms with E-state index < -0.39 is 0 Å². The van der Waals surface area contributed by atoms with Crippen molar-refractivity contribution < 1.29 is 0 Å². The first kappa shape index (κ1) is 26.2. The summed E-state index contributed by atoms with van der Waals surface area (Å²) in [6, 6.07) is 22.8. The van der Waals surface area contributed by atoms with Crippen molar-refractivity contribution in [2.75, 3.05) is 11.9 Å². The number of benzene rings is 3. The van der Waals surface area contributed by atoms with Crippen LogP contribution in [0.15, 0.2) is 84.5 Å². The van der Waals surface area contributed by atoms with Gasteiger partial charge in [-0.05, 0) is 93.1 Å². The zero-order valence-electron chi connectivity index (χ0n) is 23.8. The average Bonchev–Trinajstić information content (AvgIpc) is 2.91. The van der Waals surface area contributed by atoms with Crippen LogP contribution in [0.2, 0.25) is 0 Å². The van der Waals surface area contributed by atoms with Crippen LogP contribution in [0.5, 0.6) is 0 Å². The van der Waals surface area contributed by atoms with Gasteiger partial charge in [0, 0.05) is 12.1 Å². The summed E-state index contributed by atoms with van der Waals surface area (Å²) >= 11 is 0. The molecule has 0 spiro atoms. The summed E-state index contributed by atoms with van der Waals surface area (Å²) in [4.78, 5) is 5.18. The Labute approximate surface area is 228 Å². The zero-order chi connectivity index (χ0) is 26.7. The fourth-order valence-electron chi connectivity index (χ4n) is 5.40. The summed E-state index contributed by atoms with van der Waals surface area (Å²) in [5, 5.41) is 8.72. The van der Waals surface area contributed by atoms with Gasteiger partial charge in [0.2, 0.25) is 0 Å². The molecule has 3 aromatic carbocycles. The van der Waals surface area contributed by atoms with Crippen molar-refractivity contribution in [3.8, 4) is 11.3 Å². The molecule has 0 fully saturated rings. The first-order valence-corrected chi connectivity index (χ1v) is 14.4. The number of hydrogen-bond acceptors (Lipinski definition) is 2. The highest BCUT2D eigenvalue weighted by Crippen LogP contribution is 2.38. The van der Waals surface area contributed by atoms with Crippen molar-refractivity contribution in [2.45, 2.75) is 72.1 Å². The Kier molecular flexibility index (Phi) is 7.70. The van der Waals surface area contributed by atoms with Crippen molar-refractivity contribution in [3.63, 3.8) is 0 Å². The van der Waals surface area contributed by atoms with Crippen LogP contribution in [0, 0.1) is 5.92 Å². The second-order valence-electron chi connectivity index (χ2n) is 12.1. The number of pyridine rings is 1. The molecule has 0 radical (unpaired) electrons. The Morgan fingerprint density at radius 1 is 0.921 bits per heavy atom. The van der Waals surface area contributed by atoms with E-state index in [1.54, 1.807) is 0 Å². The van der Waals surface area contributed by atoms with Crippen LogP contribution in [0.3, 0.4) is 0 Å². The van der Waals surface area contributed by atoms with Gasteiger partial charge in [0.05, 0.1) is 5.69 Å².